The maximum atomic E-state index is 12.2. The van der Waals surface area contributed by atoms with Crippen LogP contribution >= 0.6 is 0 Å². The van der Waals surface area contributed by atoms with Crippen LogP contribution in [0.4, 0.5) is 0 Å². The largest absolute Gasteiger partial charge is 0.497 e. The molecule has 2 N–H and O–H groups in total. The van der Waals surface area contributed by atoms with E-state index in [-0.39, 0.29) is 11.8 Å². The predicted molar refractivity (Wildman–Crippen MR) is 133 cm³/mol. The Bertz CT molecular complexity index is 980. The van der Waals surface area contributed by atoms with Crippen molar-refractivity contribution in [3.63, 3.8) is 0 Å². The van der Waals surface area contributed by atoms with Crippen LogP contribution in [0.1, 0.15) is 35.1 Å². The molecule has 178 valence electrons. The van der Waals surface area contributed by atoms with Gasteiger partial charge in [-0.15, -0.1) is 0 Å². The van der Waals surface area contributed by atoms with Gasteiger partial charge in [-0.25, -0.2) is 0 Å². The zero-order chi connectivity index (χ0) is 24.2. The summed E-state index contributed by atoms with van der Waals surface area (Å²) in [6, 6.07) is 23.4. The molecule has 3 rings (SSSR count). The van der Waals surface area contributed by atoms with Crippen LogP contribution in [0.5, 0.6) is 11.5 Å². The Labute approximate surface area is 201 Å². The van der Waals surface area contributed by atoms with E-state index in [1.807, 2.05) is 72.8 Å². The minimum atomic E-state index is 0.00746. The van der Waals surface area contributed by atoms with E-state index in [9.17, 15) is 9.59 Å². The number of carbonyl (C=O) groups is 2. The molecule has 0 radical (unpaired) electrons. The molecule has 0 fully saturated rings. The fourth-order valence-corrected chi connectivity index (χ4v) is 3.53. The van der Waals surface area contributed by atoms with Crippen molar-refractivity contribution in [2.75, 3.05) is 14.2 Å². The second-order valence-corrected chi connectivity index (χ2v) is 8.07. The van der Waals surface area contributed by atoms with Crippen LogP contribution in [-0.2, 0) is 35.5 Å². The number of hydrogen-bond donors (Lipinski definition) is 2. The summed E-state index contributed by atoms with van der Waals surface area (Å²) in [7, 11) is 3.27. The molecule has 0 spiro atoms. The Morgan fingerprint density at radius 2 is 1.03 bits per heavy atom. The average Bonchev–Trinajstić information content (AvgIpc) is 2.89. The SMILES string of the molecule is COc1ccc(CCC(=O)NCc2cccc(CNC(=O)CCc3ccc(OC)cc3)c2)cc1. The Kier molecular flexibility index (Phi) is 9.52. The van der Waals surface area contributed by atoms with E-state index >= 15 is 0 Å². The highest BCUT2D eigenvalue weighted by atomic mass is 16.5. The molecular formula is C28H32N2O4. The first-order valence-corrected chi connectivity index (χ1v) is 11.4. The highest BCUT2D eigenvalue weighted by molar-refractivity contribution is 5.76. The van der Waals surface area contributed by atoms with E-state index in [1.165, 1.54) is 0 Å². The smallest absolute Gasteiger partial charge is 0.220 e. The first kappa shape index (κ1) is 24.8. The van der Waals surface area contributed by atoms with Gasteiger partial charge in [0, 0.05) is 25.9 Å². The van der Waals surface area contributed by atoms with Crippen LogP contribution in [0.3, 0.4) is 0 Å². The van der Waals surface area contributed by atoms with Crippen molar-refractivity contribution >= 4 is 11.8 Å². The van der Waals surface area contributed by atoms with E-state index in [1.54, 1.807) is 14.2 Å². The molecule has 2 amide bonds. The maximum absolute atomic E-state index is 12.2. The molecule has 0 aliphatic heterocycles. The lowest BCUT2D eigenvalue weighted by Crippen LogP contribution is -2.24. The summed E-state index contributed by atoms with van der Waals surface area (Å²) in [6.07, 6.45) is 2.21. The monoisotopic (exact) mass is 460 g/mol. The Morgan fingerprint density at radius 1 is 0.618 bits per heavy atom. The minimum Gasteiger partial charge on any atom is -0.497 e. The standard InChI is InChI=1S/C28H32N2O4/c1-33-25-12-6-21(7-13-25)10-16-27(31)29-19-23-4-3-5-24(18-23)20-30-28(32)17-11-22-8-14-26(34-2)15-9-22/h3-9,12-15,18H,10-11,16-17,19-20H2,1-2H3,(H,29,31)(H,30,32). The molecule has 0 bridgehead atoms. The molecule has 0 unspecified atom stereocenters. The lowest BCUT2D eigenvalue weighted by molar-refractivity contribution is -0.122. The number of carbonyl (C=O) groups excluding carboxylic acids is 2. The van der Waals surface area contributed by atoms with E-state index in [0.29, 0.717) is 38.8 Å². The van der Waals surface area contributed by atoms with Crippen LogP contribution in [0.25, 0.3) is 0 Å². The van der Waals surface area contributed by atoms with Gasteiger partial charge in [-0.2, -0.15) is 0 Å². The predicted octanol–water partition coefficient (Wildman–Crippen LogP) is 4.20. The lowest BCUT2D eigenvalue weighted by atomic mass is 10.1. The normalized spacial score (nSPS) is 10.4. The lowest BCUT2D eigenvalue weighted by Gasteiger charge is -2.09. The van der Waals surface area contributed by atoms with Gasteiger partial charge in [0.05, 0.1) is 14.2 Å². The number of hydrogen-bond acceptors (Lipinski definition) is 4. The quantitative estimate of drug-likeness (QED) is 0.425. The summed E-state index contributed by atoms with van der Waals surface area (Å²) in [6.45, 7) is 0.918. The Hall–Kier alpha value is -3.80. The summed E-state index contributed by atoms with van der Waals surface area (Å²) >= 11 is 0. The van der Waals surface area contributed by atoms with Gasteiger partial charge in [0.15, 0.2) is 0 Å². The van der Waals surface area contributed by atoms with Crippen molar-refractivity contribution in [1.82, 2.24) is 10.6 Å². The zero-order valence-electron chi connectivity index (χ0n) is 19.8. The van der Waals surface area contributed by atoms with Crippen molar-refractivity contribution in [1.29, 1.82) is 0 Å². The van der Waals surface area contributed by atoms with Crippen LogP contribution in [0, 0.1) is 0 Å². The summed E-state index contributed by atoms with van der Waals surface area (Å²) in [5.41, 5.74) is 4.20. The van der Waals surface area contributed by atoms with Gasteiger partial charge < -0.3 is 20.1 Å². The zero-order valence-corrected chi connectivity index (χ0v) is 19.8. The first-order valence-electron chi connectivity index (χ1n) is 11.4. The van der Waals surface area contributed by atoms with E-state index < -0.39 is 0 Å². The molecule has 3 aromatic rings. The highest BCUT2D eigenvalue weighted by Crippen LogP contribution is 2.14. The molecule has 0 aromatic heterocycles. The van der Waals surface area contributed by atoms with Gasteiger partial charge in [0.2, 0.25) is 11.8 Å². The third-order valence-electron chi connectivity index (χ3n) is 5.57. The third kappa shape index (κ3) is 8.28. The van der Waals surface area contributed by atoms with Crippen molar-refractivity contribution < 1.29 is 19.1 Å². The van der Waals surface area contributed by atoms with Crippen molar-refractivity contribution in [2.24, 2.45) is 0 Å². The van der Waals surface area contributed by atoms with E-state index in [2.05, 4.69) is 10.6 Å². The number of ether oxygens (including phenoxy) is 2. The summed E-state index contributed by atoms with van der Waals surface area (Å²) in [5.74, 6) is 1.63. The van der Waals surface area contributed by atoms with E-state index in [4.69, 9.17) is 9.47 Å². The third-order valence-corrected chi connectivity index (χ3v) is 5.57. The van der Waals surface area contributed by atoms with Gasteiger partial charge in [0.25, 0.3) is 0 Å². The molecule has 34 heavy (non-hydrogen) atoms. The molecule has 0 saturated heterocycles. The minimum absolute atomic E-state index is 0.00746. The number of amides is 2. The Morgan fingerprint density at radius 3 is 1.41 bits per heavy atom. The van der Waals surface area contributed by atoms with Crippen LogP contribution in [0.15, 0.2) is 72.8 Å². The molecule has 0 atom stereocenters. The van der Waals surface area contributed by atoms with Crippen LogP contribution in [-0.4, -0.2) is 26.0 Å². The highest BCUT2D eigenvalue weighted by Gasteiger charge is 2.06. The van der Waals surface area contributed by atoms with Gasteiger partial charge in [0.1, 0.15) is 11.5 Å². The van der Waals surface area contributed by atoms with Crippen molar-refractivity contribution in [2.45, 2.75) is 38.8 Å². The van der Waals surface area contributed by atoms with Crippen molar-refractivity contribution in [3.05, 3.63) is 95.1 Å². The van der Waals surface area contributed by atoms with Crippen LogP contribution in [0.2, 0.25) is 0 Å². The Balaban J connectivity index is 1.37. The molecule has 3 aromatic carbocycles. The second kappa shape index (κ2) is 13.0. The molecule has 0 aliphatic carbocycles. The molecule has 6 nitrogen and oxygen atoms in total. The van der Waals surface area contributed by atoms with Crippen LogP contribution < -0.4 is 20.1 Å². The summed E-state index contributed by atoms with van der Waals surface area (Å²) in [5, 5.41) is 5.94. The second-order valence-electron chi connectivity index (χ2n) is 8.07. The number of methoxy groups -OCH3 is 2. The molecular weight excluding hydrogens is 428 g/mol. The number of benzene rings is 3. The van der Waals surface area contributed by atoms with Gasteiger partial charge in [-0.05, 0) is 59.4 Å². The number of rotatable bonds is 12. The van der Waals surface area contributed by atoms with Gasteiger partial charge >= 0.3 is 0 Å². The first-order chi connectivity index (χ1) is 16.6. The maximum Gasteiger partial charge on any atom is 0.220 e. The number of aryl methyl sites for hydroxylation is 2. The average molecular weight is 461 g/mol. The number of nitrogens with one attached hydrogen (secondary N) is 2. The van der Waals surface area contributed by atoms with Crippen molar-refractivity contribution in [3.8, 4) is 11.5 Å². The van der Waals surface area contributed by atoms with Gasteiger partial charge in [-0.1, -0.05) is 48.5 Å². The molecule has 6 heteroatoms. The van der Waals surface area contributed by atoms with E-state index in [0.717, 1.165) is 33.8 Å². The summed E-state index contributed by atoms with van der Waals surface area (Å²) in [4.78, 5) is 24.5. The molecule has 0 aliphatic rings. The fraction of sp³-hybridized carbons (Fsp3) is 0.286. The summed E-state index contributed by atoms with van der Waals surface area (Å²) < 4.78 is 10.3. The fourth-order valence-electron chi connectivity index (χ4n) is 3.53. The molecule has 0 saturated carbocycles. The molecule has 0 heterocycles. The topological polar surface area (TPSA) is 76.7 Å². The van der Waals surface area contributed by atoms with Gasteiger partial charge in [-0.3, -0.25) is 9.59 Å².